The van der Waals surface area contributed by atoms with Gasteiger partial charge in [0, 0.05) is 23.8 Å². The van der Waals surface area contributed by atoms with E-state index in [9.17, 15) is 18.4 Å². The van der Waals surface area contributed by atoms with Gasteiger partial charge in [0.1, 0.15) is 29.4 Å². The number of amides is 1. The fraction of sp³-hybridized carbons (Fsp3) is 0.333. The molecule has 2 N–H and O–H groups in total. The molecule has 1 aliphatic carbocycles. The quantitative estimate of drug-likeness (QED) is 0.904. The third-order valence-electron chi connectivity index (χ3n) is 4.53. The van der Waals surface area contributed by atoms with Crippen LogP contribution in [-0.2, 0) is 4.79 Å². The molecule has 1 fully saturated rings. The van der Waals surface area contributed by atoms with E-state index in [-0.39, 0.29) is 34.6 Å². The number of Topliss-reactive ketones (excluding diaryl/α,β-unsaturated/α-hetero) is 1. The summed E-state index contributed by atoms with van der Waals surface area (Å²) >= 11 is 0. The second kappa shape index (κ2) is 7.15. The summed E-state index contributed by atoms with van der Waals surface area (Å²) in [4.78, 5) is 31.3. The number of primary amides is 1. The molecule has 2 aromatic rings. The lowest BCUT2D eigenvalue weighted by atomic mass is 9.79. The molecule has 1 saturated carbocycles. The second-order valence-electron chi connectivity index (χ2n) is 6.32. The van der Waals surface area contributed by atoms with Gasteiger partial charge >= 0.3 is 6.09 Å². The van der Waals surface area contributed by atoms with Gasteiger partial charge in [-0.2, -0.15) is 0 Å². The van der Waals surface area contributed by atoms with Gasteiger partial charge in [-0.15, -0.1) is 0 Å². The number of aromatic nitrogens is 2. The first-order valence-corrected chi connectivity index (χ1v) is 8.17. The van der Waals surface area contributed by atoms with E-state index < -0.39 is 17.7 Å². The Bertz CT molecular complexity index is 873. The molecule has 0 radical (unpaired) electrons. The van der Waals surface area contributed by atoms with Crippen LogP contribution in [0, 0.1) is 17.6 Å². The summed E-state index contributed by atoms with van der Waals surface area (Å²) < 4.78 is 32.9. The first-order valence-electron chi connectivity index (χ1n) is 8.17. The van der Waals surface area contributed by atoms with E-state index in [1.54, 1.807) is 0 Å². The van der Waals surface area contributed by atoms with Crippen molar-refractivity contribution >= 4 is 11.9 Å². The first kappa shape index (κ1) is 17.9. The van der Waals surface area contributed by atoms with Crippen molar-refractivity contribution in [1.82, 2.24) is 9.97 Å². The highest BCUT2D eigenvalue weighted by Crippen LogP contribution is 2.41. The number of hydrogen-bond acceptors (Lipinski definition) is 5. The van der Waals surface area contributed by atoms with Crippen LogP contribution in [0.4, 0.5) is 13.6 Å². The van der Waals surface area contributed by atoms with Gasteiger partial charge in [0.05, 0.1) is 5.69 Å². The molecule has 0 spiro atoms. The monoisotopic (exact) mass is 361 g/mol. The van der Waals surface area contributed by atoms with E-state index in [2.05, 4.69) is 9.97 Å². The lowest BCUT2D eigenvalue weighted by molar-refractivity contribution is -0.124. The normalized spacial score (nSPS) is 20.0. The summed E-state index contributed by atoms with van der Waals surface area (Å²) in [6.07, 6.45) is 1.48. The minimum atomic E-state index is -1.11. The summed E-state index contributed by atoms with van der Waals surface area (Å²) in [5.41, 5.74) is 5.28. The van der Waals surface area contributed by atoms with E-state index in [0.29, 0.717) is 25.0 Å². The Morgan fingerprint density at radius 2 is 2.08 bits per heavy atom. The number of benzene rings is 1. The van der Waals surface area contributed by atoms with Crippen LogP contribution in [-0.4, -0.2) is 21.8 Å². The van der Waals surface area contributed by atoms with Crippen molar-refractivity contribution in [2.75, 3.05) is 0 Å². The number of hydrogen-bond donors (Lipinski definition) is 1. The third-order valence-corrected chi connectivity index (χ3v) is 4.53. The van der Waals surface area contributed by atoms with Gasteiger partial charge in [-0.1, -0.05) is 6.92 Å². The van der Waals surface area contributed by atoms with Crippen LogP contribution in [0.25, 0.3) is 11.3 Å². The molecule has 3 rings (SSSR count). The Balaban J connectivity index is 2.12. The van der Waals surface area contributed by atoms with Gasteiger partial charge in [-0.05, 0) is 31.0 Å². The van der Waals surface area contributed by atoms with Gasteiger partial charge in [0.2, 0.25) is 0 Å². The topological polar surface area (TPSA) is 95.2 Å². The minimum Gasteiger partial charge on any atom is -0.406 e. The maximum Gasteiger partial charge on any atom is 0.410 e. The molecule has 2 unspecified atom stereocenters. The van der Waals surface area contributed by atoms with Crippen molar-refractivity contribution in [1.29, 1.82) is 0 Å². The molecule has 0 saturated heterocycles. The SMILES string of the molecule is CC1CC(c2ncnc(-c3cc(F)ccc3F)c2OC(N)=O)CCC1=O. The molecule has 6 nitrogen and oxygen atoms in total. The summed E-state index contributed by atoms with van der Waals surface area (Å²) in [5.74, 6) is -1.68. The average molecular weight is 361 g/mol. The van der Waals surface area contributed by atoms with Crippen LogP contribution in [0.2, 0.25) is 0 Å². The molecule has 0 bridgehead atoms. The van der Waals surface area contributed by atoms with E-state index >= 15 is 0 Å². The molecule has 1 aliphatic rings. The van der Waals surface area contributed by atoms with Crippen molar-refractivity contribution in [2.45, 2.75) is 32.1 Å². The lowest BCUT2D eigenvalue weighted by Crippen LogP contribution is -2.24. The number of ether oxygens (including phenoxy) is 1. The predicted octanol–water partition coefficient (Wildman–Crippen LogP) is 3.35. The fourth-order valence-corrected chi connectivity index (χ4v) is 3.24. The van der Waals surface area contributed by atoms with Crippen LogP contribution in [0.5, 0.6) is 5.75 Å². The predicted molar refractivity (Wildman–Crippen MR) is 88.4 cm³/mol. The van der Waals surface area contributed by atoms with Crippen LogP contribution in [0.3, 0.4) is 0 Å². The summed E-state index contributed by atoms with van der Waals surface area (Å²) in [6.45, 7) is 1.82. The molecule has 136 valence electrons. The van der Waals surface area contributed by atoms with E-state index in [0.717, 1.165) is 18.2 Å². The molecule has 1 heterocycles. The van der Waals surface area contributed by atoms with Crippen LogP contribution < -0.4 is 10.5 Å². The minimum absolute atomic E-state index is 0.0599. The standard InChI is InChI=1S/C18H17F2N3O3/c1-9-6-10(2-5-14(9)24)15-17(26-18(21)25)16(23-8-22-15)12-7-11(19)3-4-13(12)20/h3-4,7-10H,2,5-6H2,1H3,(H2,21,25). The smallest absolute Gasteiger partial charge is 0.406 e. The van der Waals surface area contributed by atoms with Crippen LogP contribution in [0.1, 0.15) is 37.8 Å². The summed E-state index contributed by atoms with van der Waals surface area (Å²) in [5, 5.41) is 0. The van der Waals surface area contributed by atoms with Crippen molar-refractivity contribution in [2.24, 2.45) is 11.7 Å². The highest BCUT2D eigenvalue weighted by Gasteiger charge is 2.31. The van der Waals surface area contributed by atoms with Crippen molar-refractivity contribution in [3.63, 3.8) is 0 Å². The first-order chi connectivity index (χ1) is 12.4. The van der Waals surface area contributed by atoms with E-state index in [1.165, 1.54) is 6.33 Å². The lowest BCUT2D eigenvalue weighted by Gasteiger charge is -2.26. The maximum absolute atomic E-state index is 14.2. The van der Waals surface area contributed by atoms with Gasteiger partial charge in [-0.25, -0.2) is 23.5 Å². The molecule has 26 heavy (non-hydrogen) atoms. The second-order valence-corrected chi connectivity index (χ2v) is 6.32. The Kier molecular flexibility index (Phi) is 4.92. The zero-order valence-corrected chi connectivity index (χ0v) is 14.0. The average Bonchev–Trinajstić information content (AvgIpc) is 2.59. The Hall–Kier alpha value is -2.90. The zero-order chi connectivity index (χ0) is 18.8. The molecule has 8 heteroatoms. The molecular formula is C18H17F2N3O3. The van der Waals surface area contributed by atoms with Crippen LogP contribution >= 0.6 is 0 Å². The van der Waals surface area contributed by atoms with E-state index in [1.807, 2.05) is 6.92 Å². The van der Waals surface area contributed by atoms with Crippen molar-refractivity contribution < 1.29 is 23.1 Å². The number of carbonyl (C=O) groups is 2. The number of ketones is 1. The molecule has 2 atom stereocenters. The Morgan fingerprint density at radius 3 is 2.77 bits per heavy atom. The highest BCUT2D eigenvalue weighted by molar-refractivity contribution is 5.82. The Labute approximate surface area is 148 Å². The largest absolute Gasteiger partial charge is 0.410 e. The van der Waals surface area contributed by atoms with Crippen molar-refractivity contribution in [3.05, 3.63) is 41.9 Å². The number of rotatable bonds is 3. The summed E-state index contributed by atoms with van der Waals surface area (Å²) in [6, 6.07) is 2.90. The third kappa shape index (κ3) is 3.54. The van der Waals surface area contributed by atoms with Gasteiger partial charge in [0.15, 0.2) is 5.75 Å². The number of nitrogens with zero attached hydrogens (tertiary/aromatic N) is 2. The Morgan fingerprint density at radius 1 is 1.31 bits per heavy atom. The molecule has 0 aliphatic heterocycles. The number of halogens is 2. The molecule has 1 aromatic carbocycles. The van der Waals surface area contributed by atoms with Gasteiger partial charge in [-0.3, -0.25) is 4.79 Å². The molecular weight excluding hydrogens is 344 g/mol. The molecule has 1 amide bonds. The van der Waals surface area contributed by atoms with Crippen molar-refractivity contribution in [3.8, 4) is 17.0 Å². The van der Waals surface area contributed by atoms with Gasteiger partial charge in [0.25, 0.3) is 0 Å². The van der Waals surface area contributed by atoms with Gasteiger partial charge < -0.3 is 10.5 Å². The fourth-order valence-electron chi connectivity index (χ4n) is 3.24. The highest BCUT2D eigenvalue weighted by atomic mass is 19.1. The number of nitrogens with two attached hydrogens (primary N) is 1. The maximum atomic E-state index is 14.2. The number of carbonyl (C=O) groups excluding carboxylic acids is 2. The van der Waals surface area contributed by atoms with Crippen LogP contribution in [0.15, 0.2) is 24.5 Å². The summed E-state index contributed by atoms with van der Waals surface area (Å²) in [7, 11) is 0. The zero-order valence-electron chi connectivity index (χ0n) is 14.0. The molecule has 1 aromatic heterocycles. The van der Waals surface area contributed by atoms with E-state index in [4.69, 9.17) is 10.5 Å².